The number of halogens is 2. The SMILES string of the molecule is CC1(NS(=O)(=O)c2ccc(CCc3ccc(F)cc3)c(N)c2)CC1.CC1(NS(=O)(=O)c2ccc3c(c2)CN=C3Cc2ccc(F)cc2)CC1. The predicted octanol–water partition coefficient (Wildman–Crippen LogP) is 6.23. The molecule has 49 heavy (non-hydrogen) atoms. The fraction of sp³-hybridized carbons (Fsp3) is 0.324. The van der Waals surface area contributed by atoms with Gasteiger partial charge in [-0.15, -0.1) is 0 Å². The second kappa shape index (κ2) is 13.4. The van der Waals surface area contributed by atoms with Gasteiger partial charge in [0.05, 0.1) is 16.3 Å². The summed E-state index contributed by atoms with van der Waals surface area (Å²) in [6, 6.07) is 22.7. The molecule has 2 aliphatic carbocycles. The molecule has 4 aromatic rings. The summed E-state index contributed by atoms with van der Waals surface area (Å²) >= 11 is 0. The average molecular weight is 707 g/mol. The molecule has 2 saturated carbocycles. The number of nitrogens with zero attached hydrogens (tertiary/aromatic N) is 1. The highest BCUT2D eigenvalue weighted by Gasteiger charge is 2.42. The van der Waals surface area contributed by atoms with Gasteiger partial charge in [0, 0.05) is 34.5 Å². The van der Waals surface area contributed by atoms with E-state index in [1.165, 1.54) is 30.3 Å². The first-order valence-corrected chi connectivity index (χ1v) is 19.2. The zero-order valence-corrected chi connectivity index (χ0v) is 29.1. The quantitative estimate of drug-likeness (QED) is 0.159. The summed E-state index contributed by atoms with van der Waals surface area (Å²) in [7, 11) is -7.04. The first-order chi connectivity index (χ1) is 23.1. The van der Waals surface area contributed by atoms with Gasteiger partial charge in [-0.25, -0.2) is 35.1 Å². The molecule has 0 saturated heterocycles. The molecule has 0 amide bonds. The van der Waals surface area contributed by atoms with Crippen LogP contribution >= 0.6 is 0 Å². The number of aryl methyl sites for hydroxylation is 2. The Labute approximate surface area is 287 Å². The lowest BCUT2D eigenvalue weighted by Gasteiger charge is -2.14. The van der Waals surface area contributed by atoms with Crippen LogP contribution in [0.2, 0.25) is 0 Å². The number of sulfonamides is 2. The summed E-state index contributed by atoms with van der Waals surface area (Å²) in [5.41, 5.74) is 11.6. The predicted molar refractivity (Wildman–Crippen MR) is 187 cm³/mol. The van der Waals surface area contributed by atoms with Crippen molar-refractivity contribution in [2.24, 2.45) is 4.99 Å². The topological polar surface area (TPSA) is 131 Å². The lowest BCUT2D eigenvalue weighted by atomic mass is 10.0. The normalized spacial score (nSPS) is 17.0. The second-order valence-corrected chi connectivity index (χ2v) is 17.1. The molecular weight excluding hydrogens is 667 g/mol. The maximum atomic E-state index is 13.0. The van der Waals surface area contributed by atoms with Crippen LogP contribution in [-0.2, 0) is 45.9 Å². The summed E-state index contributed by atoms with van der Waals surface area (Å²) in [5, 5.41) is 0. The Morgan fingerprint density at radius 1 is 0.694 bits per heavy atom. The number of nitrogen functional groups attached to an aromatic ring is 1. The zero-order valence-electron chi connectivity index (χ0n) is 27.5. The van der Waals surface area contributed by atoms with Crippen LogP contribution < -0.4 is 15.2 Å². The lowest BCUT2D eigenvalue weighted by molar-refractivity contribution is 0.556. The highest BCUT2D eigenvalue weighted by Crippen LogP contribution is 2.37. The summed E-state index contributed by atoms with van der Waals surface area (Å²) in [6.07, 6.45) is 5.46. The van der Waals surface area contributed by atoms with E-state index < -0.39 is 20.0 Å². The van der Waals surface area contributed by atoms with Gasteiger partial charge in [0.25, 0.3) is 0 Å². The van der Waals surface area contributed by atoms with E-state index in [2.05, 4.69) is 14.4 Å². The highest BCUT2D eigenvalue weighted by molar-refractivity contribution is 7.89. The smallest absolute Gasteiger partial charge is 0.241 e. The largest absolute Gasteiger partial charge is 0.398 e. The Hall–Kier alpha value is -3.97. The van der Waals surface area contributed by atoms with E-state index in [0.29, 0.717) is 31.5 Å². The van der Waals surface area contributed by atoms with Gasteiger partial charge in [0.15, 0.2) is 0 Å². The number of nitrogens with one attached hydrogen (secondary N) is 2. The van der Waals surface area contributed by atoms with E-state index in [1.54, 1.807) is 48.5 Å². The van der Waals surface area contributed by atoms with Crippen molar-refractivity contribution in [3.05, 3.63) is 124 Å². The Balaban J connectivity index is 0.000000170. The third-order valence-corrected chi connectivity index (χ3v) is 12.5. The molecule has 4 aromatic carbocycles. The van der Waals surface area contributed by atoms with E-state index in [4.69, 9.17) is 5.73 Å². The molecule has 1 heterocycles. The summed E-state index contributed by atoms with van der Waals surface area (Å²) < 4.78 is 81.2. The number of anilines is 1. The number of rotatable bonds is 11. The van der Waals surface area contributed by atoms with Crippen LogP contribution in [0.3, 0.4) is 0 Å². The van der Waals surface area contributed by atoms with Gasteiger partial charge in [0.2, 0.25) is 20.0 Å². The molecule has 7 rings (SSSR count). The van der Waals surface area contributed by atoms with Gasteiger partial charge in [-0.2, -0.15) is 0 Å². The Kier molecular flexibility index (Phi) is 9.53. The van der Waals surface area contributed by atoms with Crippen LogP contribution in [0.25, 0.3) is 0 Å². The molecule has 258 valence electrons. The van der Waals surface area contributed by atoms with Crippen LogP contribution in [0.15, 0.2) is 99.7 Å². The molecule has 0 bridgehead atoms. The number of aliphatic imine (C=N–C) groups is 1. The first kappa shape index (κ1) is 34.9. The van der Waals surface area contributed by atoms with Crippen molar-refractivity contribution >= 4 is 31.4 Å². The Morgan fingerprint density at radius 3 is 1.73 bits per heavy atom. The van der Waals surface area contributed by atoms with E-state index >= 15 is 0 Å². The molecule has 0 spiro atoms. The molecular formula is C37H40F2N4O4S2. The number of nitrogens with two attached hydrogens (primary N) is 1. The minimum Gasteiger partial charge on any atom is -0.398 e. The molecule has 4 N–H and O–H groups in total. The second-order valence-electron chi connectivity index (χ2n) is 13.7. The fourth-order valence-corrected chi connectivity index (χ4v) is 8.62. The fourth-order valence-electron chi connectivity index (χ4n) is 5.61. The first-order valence-electron chi connectivity index (χ1n) is 16.2. The van der Waals surface area contributed by atoms with E-state index in [9.17, 15) is 25.6 Å². The number of benzene rings is 4. The molecule has 0 unspecified atom stereocenters. The third-order valence-electron chi connectivity index (χ3n) is 9.21. The van der Waals surface area contributed by atoms with Crippen molar-refractivity contribution in [1.29, 1.82) is 0 Å². The third kappa shape index (κ3) is 8.80. The van der Waals surface area contributed by atoms with Crippen molar-refractivity contribution in [3.8, 4) is 0 Å². The molecule has 12 heteroatoms. The van der Waals surface area contributed by atoms with Gasteiger partial charge >= 0.3 is 0 Å². The van der Waals surface area contributed by atoms with Crippen molar-refractivity contribution in [2.75, 3.05) is 5.73 Å². The summed E-state index contributed by atoms with van der Waals surface area (Å²) in [5.74, 6) is -0.520. The van der Waals surface area contributed by atoms with Crippen molar-refractivity contribution in [1.82, 2.24) is 9.44 Å². The number of hydrogen-bond donors (Lipinski definition) is 3. The number of hydrogen-bond acceptors (Lipinski definition) is 6. The van der Waals surface area contributed by atoms with Crippen LogP contribution in [-0.4, -0.2) is 33.6 Å². The van der Waals surface area contributed by atoms with Crippen molar-refractivity contribution in [3.63, 3.8) is 0 Å². The Bertz CT molecular complexity index is 2110. The molecule has 8 nitrogen and oxygen atoms in total. The zero-order chi connectivity index (χ0) is 35.0. The van der Waals surface area contributed by atoms with Crippen molar-refractivity contribution < 1.29 is 25.6 Å². The van der Waals surface area contributed by atoms with Gasteiger partial charge in [-0.1, -0.05) is 36.4 Å². The molecule has 0 atom stereocenters. The standard InChI is InChI=1S/C19H19FN2O2S.C18H21FN2O2S/c1-19(8-9-19)22-25(23,24)16-6-7-17-14(11-16)12-21-18(17)10-13-2-4-15(20)5-3-13;1-18(10-11-18)21-24(22,23)16-9-6-14(17(20)12-16)5-2-13-3-7-15(19)8-4-13/h2-7,11,22H,8-10,12H2,1H3;3-4,6-9,12,21H,2,5,10-11,20H2,1H3. The summed E-state index contributed by atoms with van der Waals surface area (Å²) in [4.78, 5) is 5.02. The average Bonchev–Trinajstić information content (AvgIpc) is 3.93. The van der Waals surface area contributed by atoms with Crippen LogP contribution in [0.4, 0.5) is 14.5 Å². The highest BCUT2D eigenvalue weighted by atomic mass is 32.2. The molecule has 3 aliphatic rings. The maximum absolute atomic E-state index is 13.0. The van der Waals surface area contributed by atoms with Crippen LogP contribution in [0.5, 0.6) is 0 Å². The monoisotopic (exact) mass is 706 g/mol. The van der Waals surface area contributed by atoms with Crippen LogP contribution in [0.1, 0.15) is 67.3 Å². The van der Waals surface area contributed by atoms with Crippen LogP contribution in [0, 0.1) is 11.6 Å². The van der Waals surface area contributed by atoms with Crippen molar-refractivity contribution in [2.45, 2.75) is 86.2 Å². The molecule has 1 aliphatic heterocycles. The molecule has 0 aromatic heterocycles. The molecule has 2 fully saturated rings. The van der Waals surface area contributed by atoms with Gasteiger partial charge in [-0.3, -0.25) is 4.99 Å². The summed E-state index contributed by atoms with van der Waals surface area (Å²) in [6.45, 7) is 4.29. The van der Waals surface area contributed by atoms with Gasteiger partial charge in [-0.05, 0) is 123 Å². The number of fused-ring (bicyclic) bond motifs is 1. The minimum absolute atomic E-state index is 0.193. The molecule has 0 radical (unpaired) electrons. The lowest BCUT2D eigenvalue weighted by Crippen LogP contribution is -2.34. The maximum Gasteiger partial charge on any atom is 0.241 e. The van der Waals surface area contributed by atoms with E-state index in [-0.39, 0.29) is 32.5 Å². The Morgan fingerprint density at radius 2 is 1.20 bits per heavy atom. The minimum atomic E-state index is -3.54. The van der Waals surface area contributed by atoms with Gasteiger partial charge < -0.3 is 5.73 Å². The van der Waals surface area contributed by atoms with E-state index in [0.717, 1.165) is 59.2 Å². The van der Waals surface area contributed by atoms with E-state index in [1.807, 2.05) is 19.9 Å². The van der Waals surface area contributed by atoms with Gasteiger partial charge in [0.1, 0.15) is 11.6 Å².